The number of nitrogens with zero attached hydrogens (tertiary/aromatic N) is 2. The van der Waals surface area contributed by atoms with Crippen molar-refractivity contribution in [3.63, 3.8) is 0 Å². The van der Waals surface area contributed by atoms with Crippen LogP contribution in [0.15, 0.2) is 24.4 Å². The molecular weight excluding hydrogens is 858 g/mol. The number of unbranched alkanes of at least 4 members (excludes halogenated alkanes) is 6. The van der Waals surface area contributed by atoms with Gasteiger partial charge in [-0.05, 0) is 0 Å². The number of benzene rings is 4. The fourth-order valence-electron chi connectivity index (χ4n) is 7.95. The normalized spacial score (nSPS) is 12.2. The average Bonchev–Trinajstić information content (AvgIpc) is 3.83. The molecule has 0 radical (unpaired) electrons. The molecule has 8 aromatic rings. The van der Waals surface area contributed by atoms with Gasteiger partial charge in [-0.25, -0.2) is 0 Å². The summed E-state index contributed by atoms with van der Waals surface area (Å²) in [6.07, 6.45) is 13.8. The summed E-state index contributed by atoms with van der Waals surface area (Å²) in [6, 6.07) is 6.07. The van der Waals surface area contributed by atoms with Crippen molar-refractivity contribution in [3.8, 4) is 45.9 Å². The number of aromatic nitrogens is 2. The Balaban J connectivity index is 1.62. The third-order valence-electron chi connectivity index (χ3n) is 11.0. The van der Waals surface area contributed by atoms with E-state index in [4.69, 9.17) is 38.4 Å². The van der Waals surface area contributed by atoms with Crippen molar-refractivity contribution >= 4 is 89.3 Å². The first-order valence-corrected chi connectivity index (χ1v) is 25.4. The van der Waals surface area contributed by atoms with Crippen molar-refractivity contribution in [1.82, 2.24) is 9.97 Å². The summed E-state index contributed by atoms with van der Waals surface area (Å²) in [6.45, 7) is 17.0. The Morgan fingerprint density at radius 3 is 1.22 bits per heavy atom. The number of hydrogen-bond donors (Lipinski definition) is 0. The van der Waals surface area contributed by atoms with Crippen LogP contribution >= 0.6 is 0 Å². The summed E-state index contributed by atoms with van der Waals surface area (Å²) in [5.41, 5.74) is 2.41. The number of hydrogen-bond acceptors (Lipinski definition) is 8. The quantitative estimate of drug-likeness (QED) is 0.0243. The fourth-order valence-corrected chi connectivity index (χ4v) is 13.4. The zero-order chi connectivity index (χ0) is 40.2. The maximum absolute atomic E-state index is 7.02. The molecule has 0 unspecified atom stereocenters. The van der Waals surface area contributed by atoms with E-state index < -0.39 is 0 Å². The summed E-state index contributed by atoms with van der Waals surface area (Å²) >= 11 is -0.296. The third kappa shape index (κ3) is 7.20. The molecule has 0 saturated heterocycles. The molecule has 58 heavy (non-hydrogen) atoms. The molecule has 0 aliphatic rings. The SMILES string of the molecule is CCCCOc1c(OCCCC)c2[se]c3c(OCCCC)c(OCCCC)c4[se]c5c(OCCCC)c(OCCCC)c6c(-c7ccccn7)nc1c1c2c3c4c5c61. The van der Waals surface area contributed by atoms with Gasteiger partial charge in [0.15, 0.2) is 0 Å². The molecule has 0 bridgehead atoms. The maximum atomic E-state index is 7.02. The van der Waals surface area contributed by atoms with Crippen LogP contribution in [0, 0.1) is 0 Å². The molecule has 4 aromatic carbocycles. The van der Waals surface area contributed by atoms with Crippen molar-refractivity contribution < 1.29 is 28.4 Å². The van der Waals surface area contributed by atoms with Gasteiger partial charge < -0.3 is 0 Å². The van der Waals surface area contributed by atoms with E-state index in [0.717, 1.165) is 139 Å². The molecule has 4 aromatic heterocycles. The van der Waals surface area contributed by atoms with E-state index in [1.165, 1.54) is 44.0 Å². The molecule has 0 spiro atoms. The van der Waals surface area contributed by atoms with Crippen LogP contribution in [-0.4, -0.2) is 78.6 Å². The number of ether oxygens (including phenoxy) is 6. The van der Waals surface area contributed by atoms with Gasteiger partial charge in [-0.15, -0.1) is 0 Å². The predicted octanol–water partition coefficient (Wildman–Crippen LogP) is 12.6. The molecule has 0 fully saturated rings. The molecular formula is C48H58N2O6Se2. The summed E-state index contributed by atoms with van der Waals surface area (Å²) < 4.78 is 46.8. The minimum atomic E-state index is -0.151. The molecule has 308 valence electrons. The first kappa shape index (κ1) is 41.1. The Morgan fingerprint density at radius 2 is 0.793 bits per heavy atom. The van der Waals surface area contributed by atoms with E-state index in [1.54, 1.807) is 0 Å². The van der Waals surface area contributed by atoms with Gasteiger partial charge in [0.05, 0.1) is 0 Å². The zero-order valence-electron chi connectivity index (χ0n) is 35.2. The van der Waals surface area contributed by atoms with Gasteiger partial charge >= 0.3 is 356 Å². The molecule has 0 aliphatic carbocycles. The first-order chi connectivity index (χ1) is 28.6. The van der Waals surface area contributed by atoms with Crippen LogP contribution in [0.5, 0.6) is 34.5 Å². The van der Waals surface area contributed by atoms with E-state index in [-0.39, 0.29) is 29.0 Å². The second-order valence-corrected chi connectivity index (χ2v) is 19.6. The van der Waals surface area contributed by atoms with Crippen LogP contribution in [0.4, 0.5) is 0 Å². The van der Waals surface area contributed by atoms with Gasteiger partial charge in [0.25, 0.3) is 0 Å². The van der Waals surface area contributed by atoms with Crippen molar-refractivity contribution in [2.24, 2.45) is 0 Å². The van der Waals surface area contributed by atoms with Gasteiger partial charge in [0.1, 0.15) is 0 Å². The number of pyridine rings is 2. The standard InChI is InChI=1S/C48H58N2O6Se2/c1-7-13-23-51-39-36-30-31-33-35-34-32(30)45(41(39)53-25-15-9-3)57-47(34)43(55-27-17-11-5)44(56-28-18-12-6)48(35)58-46(33)42(54-26-16-10-4)40(52-24-14-8-2)38(31)50-37(36)29-21-19-20-22-49-29/h19-22H,7-18,23-28H2,1-6H3. The van der Waals surface area contributed by atoms with Crippen LogP contribution < -0.4 is 28.4 Å². The van der Waals surface area contributed by atoms with E-state index in [0.29, 0.717) is 39.6 Å². The van der Waals surface area contributed by atoms with Crippen molar-refractivity contribution in [2.75, 3.05) is 39.6 Å². The Labute approximate surface area is 354 Å². The zero-order valence-corrected chi connectivity index (χ0v) is 38.6. The summed E-state index contributed by atoms with van der Waals surface area (Å²) in [5, 5.41) is 8.32. The van der Waals surface area contributed by atoms with Gasteiger partial charge in [0, 0.05) is 0 Å². The Hall–Kier alpha value is -3.68. The van der Waals surface area contributed by atoms with Gasteiger partial charge in [-0.1, -0.05) is 0 Å². The van der Waals surface area contributed by atoms with Crippen molar-refractivity contribution in [3.05, 3.63) is 24.4 Å². The van der Waals surface area contributed by atoms with Crippen LogP contribution in [0.2, 0.25) is 0 Å². The van der Waals surface area contributed by atoms with Crippen molar-refractivity contribution in [1.29, 1.82) is 0 Å². The van der Waals surface area contributed by atoms with Crippen LogP contribution in [0.25, 0.3) is 71.6 Å². The van der Waals surface area contributed by atoms with E-state index in [1.807, 2.05) is 18.3 Å². The number of rotatable bonds is 25. The molecule has 8 nitrogen and oxygen atoms in total. The third-order valence-corrected chi connectivity index (χ3v) is 16.0. The molecule has 0 aliphatic heterocycles. The monoisotopic (exact) mass is 918 g/mol. The Bertz CT molecular complexity index is 2560. The van der Waals surface area contributed by atoms with E-state index in [2.05, 4.69) is 47.6 Å². The Morgan fingerprint density at radius 1 is 0.414 bits per heavy atom. The Kier molecular flexibility index (Phi) is 13.2. The molecule has 0 N–H and O–H groups in total. The fraction of sp³-hybridized carbons (Fsp3) is 0.500. The average molecular weight is 917 g/mol. The molecule has 0 atom stereocenters. The molecule has 10 heteroatoms. The van der Waals surface area contributed by atoms with Gasteiger partial charge in [-0.2, -0.15) is 0 Å². The predicted molar refractivity (Wildman–Crippen MR) is 242 cm³/mol. The van der Waals surface area contributed by atoms with Crippen LogP contribution in [0.1, 0.15) is 119 Å². The second-order valence-electron chi connectivity index (χ2n) is 15.4. The first-order valence-electron chi connectivity index (χ1n) is 22.0. The van der Waals surface area contributed by atoms with Gasteiger partial charge in [0.2, 0.25) is 0 Å². The molecule has 0 saturated carbocycles. The van der Waals surface area contributed by atoms with Crippen LogP contribution in [-0.2, 0) is 0 Å². The van der Waals surface area contributed by atoms with Crippen LogP contribution in [0.3, 0.4) is 0 Å². The molecule has 8 rings (SSSR count). The summed E-state index contributed by atoms with van der Waals surface area (Å²) in [4.78, 5) is 10.6. The van der Waals surface area contributed by atoms with E-state index in [9.17, 15) is 0 Å². The van der Waals surface area contributed by atoms with E-state index >= 15 is 0 Å². The van der Waals surface area contributed by atoms with Crippen molar-refractivity contribution in [2.45, 2.75) is 119 Å². The molecule has 0 amide bonds. The summed E-state index contributed by atoms with van der Waals surface area (Å²) in [7, 11) is 0. The van der Waals surface area contributed by atoms with Gasteiger partial charge in [-0.3, -0.25) is 0 Å². The summed E-state index contributed by atoms with van der Waals surface area (Å²) in [5.74, 6) is 5.09. The minimum absolute atomic E-state index is 0.145. The second kappa shape index (κ2) is 18.7. The topological polar surface area (TPSA) is 81.2 Å². The molecule has 4 heterocycles.